The van der Waals surface area contributed by atoms with Crippen LogP contribution >= 0.6 is 0 Å². The van der Waals surface area contributed by atoms with Crippen LogP contribution in [-0.2, 0) is 19.4 Å². The van der Waals surface area contributed by atoms with Crippen molar-refractivity contribution in [3.63, 3.8) is 0 Å². The number of aryl methyl sites for hydroxylation is 1. The Hall–Kier alpha value is -2.88. The van der Waals surface area contributed by atoms with Crippen molar-refractivity contribution in [2.75, 3.05) is 22.9 Å². The van der Waals surface area contributed by atoms with E-state index in [-0.39, 0.29) is 0 Å². The van der Waals surface area contributed by atoms with Crippen molar-refractivity contribution < 1.29 is 0 Å². The number of fused-ring (bicyclic) bond motifs is 2. The molecule has 0 bridgehead atoms. The van der Waals surface area contributed by atoms with Crippen LogP contribution in [0.25, 0.3) is 0 Å². The highest BCUT2D eigenvalue weighted by Crippen LogP contribution is 2.33. The molecule has 26 heavy (non-hydrogen) atoms. The Morgan fingerprint density at radius 1 is 0.731 bits per heavy atom. The summed E-state index contributed by atoms with van der Waals surface area (Å²) < 4.78 is 0. The molecule has 0 fully saturated rings. The third-order valence-electron chi connectivity index (χ3n) is 5.48. The van der Waals surface area contributed by atoms with Crippen LogP contribution in [0.2, 0.25) is 0 Å². The lowest BCUT2D eigenvalue weighted by molar-refractivity contribution is 0.716. The van der Waals surface area contributed by atoms with Gasteiger partial charge < -0.3 is 9.80 Å². The van der Waals surface area contributed by atoms with Crippen molar-refractivity contribution in [1.82, 2.24) is 9.97 Å². The molecule has 2 aliphatic rings. The van der Waals surface area contributed by atoms with Crippen molar-refractivity contribution >= 4 is 17.3 Å². The lowest BCUT2D eigenvalue weighted by atomic mass is 10.00. The van der Waals surface area contributed by atoms with Gasteiger partial charge in [0.2, 0.25) is 0 Å². The zero-order valence-electron chi connectivity index (χ0n) is 14.8. The van der Waals surface area contributed by atoms with Crippen molar-refractivity contribution in [3.05, 3.63) is 77.6 Å². The highest BCUT2D eigenvalue weighted by molar-refractivity contribution is 5.67. The van der Waals surface area contributed by atoms with Gasteiger partial charge in [0.15, 0.2) is 0 Å². The van der Waals surface area contributed by atoms with E-state index >= 15 is 0 Å². The van der Waals surface area contributed by atoms with E-state index < -0.39 is 0 Å². The standard InChI is InChI=1S/C22H22N4/c1-2-8-19-15-25(13-11-17(19)6-1)21-14-22(24-16-23-21)26-12-5-9-18-7-3-4-10-20(18)26/h1-4,6-8,10,14,16H,5,9,11-13,15H2. The summed E-state index contributed by atoms with van der Waals surface area (Å²) in [5, 5.41) is 0. The van der Waals surface area contributed by atoms with E-state index in [4.69, 9.17) is 0 Å². The van der Waals surface area contributed by atoms with Gasteiger partial charge in [0.25, 0.3) is 0 Å². The van der Waals surface area contributed by atoms with Crippen LogP contribution in [0, 0.1) is 0 Å². The Kier molecular flexibility index (Phi) is 3.81. The van der Waals surface area contributed by atoms with Gasteiger partial charge in [-0.2, -0.15) is 0 Å². The molecule has 0 saturated carbocycles. The summed E-state index contributed by atoms with van der Waals surface area (Å²) in [5.74, 6) is 2.02. The smallest absolute Gasteiger partial charge is 0.138 e. The predicted octanol–water partition coefficient (Wildman–Crippen LogP) is 4.12. The molecule has 3 aromatic rings. The Bertz CT molecular complexity index is 937. The Morgan fingerprint density at radius 2 is 1.50 bits per heavy atom. The number of nitrogens with zero attached hydrogens (tertiary/aromatic N) is 4. The number of hydrogen-bond donors (Lipinski definition) is 0. The topological polar surface area (TPSA) is 32.3 Å². The minimum atomic E-state index is 0.920. The third-order valence-corrected chi connectivity index (χ3v) is 5.48. The first-order valence-corrected chi connectivity index (χ1v) is 9.38. The van der Waals surface area contributed by atoms with E-state index in [1.165, 1.54) is 22.4 Å². The zero-order valence-corrected chi connectivity index (χ0v) is 14.8. The van der Waals surface area contributed by atoms with Crippen LogP contribution < -0.4 is 9.80 Å². The van der Waals surface area contributed by atoms with Crippen LogP contribution in [0.1, 0.15) is 23.1 Å². The SMILES string of the molecule is c1ccc2c(c1)CCN(c1cc(N3CCCc4ccccc43)ncn1)C2. The third kappa shape index (κ3) is 2.71. The molecule has 1 aromatic heterocycles. The van der Waals surface area contributed by atoms with Gasteiger partial charge >= 0.3 is 0 Å². The Morgan fingerprint density at radius 3 is 2.42 bits per heavy atom. The average Bonchev–Trinajstić information content (AvgIpc) is 2.73. The molecule has 130 valence electrons. The average molecular weight is 342 g/mol. The first kappa shape index (κ1) is 15.4. The molecule has 0 amide bonds. The first-order valence-electron chi connectivity index (χ1n) is 9.38. The second-order valence-corrected chi connectivity index (χ2v) is 7.06. The second-order valence-electron chi connectivity index (χ2n) is 7.06. The molecule has 0 radical (unpaired) electrons. The molecule has 3 heterocycles. The van der Waals surface area contributed by atoms with Gasteiger partial charge in [-0.1, -0.05) is 42.5 Å². The zero-order chi connectivity index (χ0) is 17.3. The number of para-hydroxylation sites is 1. The molecule has 0 saturated heterocycles. The summed E-state index contributed by atoms with van der Waals surface area (Å²) in [6.07, 6.45) is 5.09. The van der Waals surface area contributed by atoms with Crippen molar-refractivity contribution in [3.8, 4) is 0 Å². The molecular weight excluding hydrogens is 320 g/mol. The number of hydrogen-bond acceptors (Lipinski definition) is 4. The molecule has 0 aliphatic carbocycles. The molecular formula is C22H22N4. The summed E-state index contributed by atoms with van der Waals surface area (Å²) >= 11 is 0. The number of benzene rings is 2. The molecule has 5 rings (SSSR count). The van der Waals surface area contributed by atoms with Crippen LogP contribution in [0.5, 0.6) is 0 Å². The van der Waals surface area contributed by atoms with Crippen molar-refractivity contribution in [2.24, 2.45) is 0 Å². The maximum Gasteiger partial charge on any atom is 0.138 e. The number of aromatic nitrogens is 2. The van der Waals surface area contributed by atoms with Gasteiger partial charge in [0, 0.05) is 31.4 Å². The van der Waals surface area contributed by atoms with E-state index in [0.717, 1.165) is 50.5 Å². The quantitative estimate of drug-likeness (QED) is 0.701. The lowest BCUT2D eigenvalue weighted by Crippen LogP contribution is -2.31. The fourth-order valence-corrected chi connectivity index (χ4v) is 4.12. The highest BCUT2D eigenvalue weighted by Gasteiger charge is 2.21. The van der Waals surface area contributed by atoms with E-state index in [2.05, 4.69) is 74.4 Å². The summed E-state index contributed by atoms with van der Waals surface area (Å²) in [6.45, 7) is 2.93. The van der Waals surface area contributed by atoms with Gasteiger partial charge in [-0.3, -0.25) is 0 Å². The summed E-state index contributed by atoms with van der Waals surface area (Å²) in [7, 11) is 0. The molecule has 2 aromatic carbocycles. The van der Waals surface area contributed by atoms with E-state index in [0.29, 0.717) is 0 Å². The van der Waals surface area contributed by atoms with Gasteiger partial charge in [-0.25, -0.2) is 9.97 Å². The van der Waals surface area contributed by atoms with Gasteiger partial charge in [0.05, 0.1) is 0 Å². The minimum absolute atomic E-state index is 0.920. The highest BCUT2D eigenvalue weighted by atomic mass is 15.2. The second kappa shape index (κ2) is 6.45. The normalized spacial score (nSPS) is 16.2. The van der Waals surface area contributed by atoms with Crippen molar-refractivity contribution in [1.29, 1.82) is 0 Å². The first-order chi connectivity index (χ1) is 12.9. The van der Waals surface area contributed by atoms with Crippen molar-refractivity contribution in [2.45, 2.75) is 25.8 Å². The summed E-state index contributed by atoms with van der Waals surface area (Å²) in [4.78, 5) is 13.9. The van der Waals surface area contributed by atoms with Crippen LogP contribution in [0.3, 0.4) is 0 Å². The number of anilines is 3. The maximum atomic E-state index is 4.59. The number of rotatable bonds is 2. The van der Waals surface area contributed by atoms with Crippen LogP contribution in [0.15, 0.2) is 60.9 Å². The summed E-state index contributed by atoms with van der Waals surface area (Å²) in [5.41, 5.74) is 5.56. The molecule has 0 spiro atoms. The molecule has 0 N–H and O–H groups in total. The Labute approximate surface area is 154 Å². The monoisotopic (exact) mass is 342 g/mol. The van der Waals surface area contributed by atoms with Gasteiger partial charge in [-0.15, -0.1) is 0 Å². The van der Waals surface area contributed by atoms with Gasteiger partial charge in [0.1, 0.15) is 18.0 Å². The molecule has 0 atom stereocenters. The minimum Gasteiger partial charge on any atom is -0.352 e. The Balaban J connectivity index is 1.46. The van der Waals surface area contributed by atoms with E-state index in [9.17, 15) is 0 Å². The fourth-order valence-electron chi connectivity index (χ4n) is 4.12. The van der Waals surface area contributed by atoms with Gasteiger partial charge in [-0.05, 0) is 42.0 Å². The fraction of sp³-hybridized carbons (Fsp3) is 0.273. The lowest BCUT2D eigenvalue weighted by Gasteiger charge is -2.32. The molecule has 4 heteroatoms. The maximum absolute atomic E-state index is 4.59. The van der Waals surface area contributed by atoms with Crippen LogP contribution in [-0.4, -0.2) is 23.1 Å². The largest absolute Gasteiger partial charge is 0.352 e. The molecule has 4 nitrogen and oxygen atoms in total. The van der Waals surface area contributed by atoms with E-state index in [1.54, 1.807) is 6.33 Å². The van der Waals surface area contributed by atoms with Crippen LogP contribution in [0.4, 0.5) is 17.3 Å². The molecule has 0 unspecified atom stereocenters. The molecule has 2 aliphatic heterocycles. The summed E-state index contributed by atoms with van der Waals surface area (Å²) in [6, 6.07) is 19.5. The predicted molar refractivity (Wildman–Crippen MR) is 105 cm³/mol. The van der Waals surface area contributed by atoms with E-state index in [1.807, 2.05) is 0 Å².